The third kappa shape index (κ3) is 3.72. The molecule has 1 saturated carbocycles. The number of hydrogen-bond acceptors (Lipinski definition) is 1. The zero-order valence-electron chi connectivity index (χ0n) is 16.0. The fourth-order valence-corrected chi connectivity index (χ4v) is 17.9. The molecule has 24 heavy (non-hydrogen) atoms. The molecule has 1 aromatic rings. The molecule has 0 aliphatic heterocycles. The summed E-state index contributed by atoms with van der Waals surface area (Å²) in [6, 6.07) is 9.96. The maximum atomic E-state index is 4.28. The minimum absolute atomic E-state index is 0.227. The number of aryl methyl sites for hydroxylation is 1. The summed E-state index contributed by atoms with van der Waals surface area (Å²) in [4.78, 5) is 0. The number of benzene rings is 1. The maximum absolute atomic E-state index is 4.28. The average molecular weight is 374 g/mol. The summed E-state index contributed by atoms with van der Waals surface area (Å²) < 4.78 is 6.15. The van der Waals surface area contributed by atoms with E-state index < -0.39 is 17.4 Å². The van der Waals surface area contributed by atoms with Crippen molar-refractivity contribution in [3.05, 3.63) is 50.4 Å². The van der Waals surface area contributed by atoms with Crippen LogP contribution in [0.2, 0.25) is 0 Å². The molecule has 3 heteroatoms. The van der Waals surface area contributed by atoms with Crippen LogP contribution in [0, 0.1) is 12.8 Å². The molecule has 1 fully saturated rings. The van der Waals surface area contributed by atoms with Crippen LogP contribution in [-0.2, 0) is 17.4 Å². The Morgan fingerprint density at radius 1 is 1.00 bits per heavy atom. The first-order valence-electron chi connectivity index (χ1n) is 9.54. The minimum atomic E-state index is -1.39. The first-order chi connectivity index (χ1) is 11.5. The van der Waals surface area contributed by atoms with Crippen LogP contribution in [-0.4, -0.2) is 13.4 Å². The summed E-state index contributed by atoms with van der Waals surface area (Å²) in [7, 11) is -0.227. The first kappa shape index (κ1) is 18.4. The predicted molar refractivity (Wildman–Crippen MR) is 105 cm³/mol. The molecule has 2 aliphatic rings. The van der Waals surface area contributed by atoms with E-state index in [9.17, 15) is 0 Å². The van der Waals surface area contributed by atoms with Gasteiger partial charge in [0.15, 0.2) is 0 Å². The Morgan fingerprint density at radius 2 is 1.67 bits per heavy atom. The topological polar surface area (TPSA) is 12.0 Å². The molecule has 3 rings (SSSR count). The normalized spacial score (nSPS) is 22.5. The molecule has 0 spiro atoms. The molecule has 1 nitrogen and oxygen atoms in total. The van der Waals surface area contributed by atoms with Crippen LogP contribution in [0.3, 0.4) is 0 Å². The van der Waals surface area contributed by atoms with Crippen molar-refractivity contribution in [1.29, 1.82) is 0 Å². The average Bonchev–Trinajstić information content (AvgIpc) is 3.13. The molecular weight excluding hydrogens is 342 g/mol. The SMILES string of the molecule is CC1=C(C)C(C)[C]([Ti]([NH]C2CCCC2)[SiH2]c2ccccc2C)=C1C. The molecule has 1 N–H and O–H groups in total. The van der Waals surface area contributed by atoms with Crippen LogP contribution in [0.25, 0.3) is 0 Å². The summed E-state index contributed by atoms with van der Waals surface area (Å²) in [6.45, 7) is 11.9. The molecule has 129 valence electrons. The molecular formula is C21H32NSiTi. The Hall–Kier alpha value is -0.409. The quantitative estimate of drug-likeness (QED) is 0.768. The molecule has 0 heterocycles. The van der Waals surface area contributed by atoms with Gasteiger partial charge in [-0.3, -0.25) is 0 Å². The summed E-state index contributed by atoms with van der Waals surface area (Å²) in [5.74, 6) is 0.686. The third-order valence-corrected chi connectivity index (χ3v) is 17.2. The fraction of sp³-hybridized carbons (Fsp3) is 0.524. The predicted octanol–water partition coefficient (Wildman–Crippen LogP) is 4.03. The van der Waals surface area contributed by atoms with E-state index in [4.69, 9.17) is 0 Å². The molecule has 1 atom stereocenters. The summed E-state index contributed by atoms with van der Waals surface area (Å²) in [6.07, 6.45) is 5.67. The van der Waals surface area contributed by atoms with Crippen LogP contribution in [0.5, 0.6) is 0 Å². The Labute approximate surface area is 156 Å². The van der Waals surface area contributed by atoms with Crippen molar-refractivity contribution in [3.63, 3.8) is 0 Å². The van der Waals surface area contributed by atoms with Gasteiger partial charge in [0.25, 0.3) is 0 Å². The molecule has 1 aromatic carbocycles. The Kier molecular flexibility index (Phi) is 6.03. The van der Waals surface area contributed by atoms with Crippen LogP contribution in [0.15, 0.2) is 44.9 Å². The first-order valence-corrected chi connectivity index (χ1v) is 15.8. The van der Waals surface area contributed by atoms with Crippen LogP contribution < -0.4 is 8.99 Å². The van der Waals surface area contributed by atoms with Crippen molar-refractivity contribution in [1.82, 2.24) is 3.80 Å². The van der Waals surface area contributed by atoms with E-state index in [2.05, 4.69) is 62.7 Å². The van der Waals surface area contributed by atoms with Crippen molar-refractivity contribution in [3.8, 4) is 0 Å². The molecule has 1 unspecified atom stereocenters. The molecule has 0 bridgehead atoms. The van der Waals surface area contributed by atoms with E-state index in [-0.39, 0.29) is 7.39 Å². The van der Waals surface area contributed by atoms with Gasteiger partial charge < -0.3 is 0 Å². The van der Waals surface area contributed by atoms with E-state index in [0.29, 0.717) is 5.92 Å². The van der Waals surface area contributed by atoms with Crippen LogP contribution >= 0.6 is 0 Å². The molecule has 0 aromatic heterocycles. The second-order valence-corrected chi connectivity index (χ2v) is 16.2. The summed E-state index contributed by atoms with van der Waals surface area (Å²) in [5.41, 5.74) is 6.36. The van der Waals surface area contributed by atoms with E-state index in [1.165, 1.54) is 31.2 Å². The second-order valence-electron chi connectivity index (χ2n) is 7.78. The standard InChI is InChI=1S/C9H13.C7H9Si.C5H10N.Ti/c1-6-5-7(2)9(4)8(6)3;1-6-4-2-3-5-7(6)8;6-5-3-1-2-4-5;/h6H,1-4H3;2-5H,8H2,1H3;5-6H,1-4H2;/q;;-1;+1. The van der Waals surface area contributed by atoms with Gasteiger partial charge in [-0.05, 0) is 0 Å². The molecule has 2 aliphatic carbocycles. The van der Waals surface area contributed by atoms with Crippen molar-refractivity contribution in [2.75, 3.05) is 0 Å². The van der Waals surface area contributed by atoms with Gasteiger partial charge in [-0.2, -0.15) is 0 Å². The number of rotatable bonds is 5. The number of hydrogen-bond donors (Lipinski definition) is 1. The Balaban J connectivity index is 1.89. The zero-order valence-corrected chi connectivity index (χ0v) is 19.0. The van der Waals surface area contributed by atoms with Crippen LogP contribution in [0.1, 0.15) is 58.9 Å². The zero-order chi connectivity index (χ0) is 17.3. The third-order valence-electron chi connectivity index (χ3n) is 6.33. The Morgan fingerprint density at radius 3 is 2.25 bits per heavy atom. The van der Waals surface area contributed by atoms with E-state index in [1.54, 1.807) is 21.9 Å². The van der Waals surface area contributed by atoms with E-state index in [1.807, 2.05) is 3.88 Å². The van der Waals surface area contributed by atoms with Gasteiger partial charge >= 0.3 is 156 Å². The fourth-order valence-electron chi connectivity index (χ4n) is 4.39. The monoisotopic (exact) mass is 374 g/mol. The van der Waals surface area contributed by atoms with E-state index >= 15 is 0 Å². The number of nitrogens with one attached hydrogen (secondary N) is 1. The van der Waals surface area contributed by atoms with Crippen molar-refractivity contribution in [2.24, 2.45) is 5.92 Å². The van der Waals surface area contributed by atoms with Gasteiger partial charge in [0, 0.05) is 0 Å². The molecule has 0 saturated heterocycles. The van der Waals surface area contributed by atoms with Crippen molar-refractivity contribution in [2.45, 2.75) is 66.3 Å². The van der Waals surface area contributed by atoms with Crippen molar-refractivity contribution < 1.29 is 17.4 Å². The number of allylic oxidation sites excluding steroid dienone is 4. The summed E-state index contributed by atoms with van der Waals surface area (Å²) in [5, 5.41) is 1.70. The summed E-state index contributed by atoms with van der Waals surface area (Å²) >= 11 is -1.39. The van der Waals surface area contributed by atoms with Crippen LogP contribution in [0.4, 0.5) is 0 Å². The van der Waals surface area contributed by atoms with Gasteiger partial charge in [0.05, 0.1) is 0 Å². The van der Waals surface area contributed by atoms with Gasteiger partial charge in [0.2, 0.25) is 0 Å². The molecule has 0 amide bonds. The van der Waals surface area contributed by atoms with E-state index in [0.717, 1.165) is 6.04 Å². The Bertz CT molecular complexity index is 670. The van der Waals surface area contributed by atoms with Gasteiger partial charge in [0.1, 0.15) is 0 Å². The van der Waals surface area contributed by atoms with Gasteiger partial charge in [-0.1, -0.05) is 0 Å². The molecule has 0 radical (unpaired) electrons. The van der Waals surface area contributed by atoms with Gasteiger partial charge in [-0.25, -0.2) is 0 Å². The second kappa shape index (κ2) is 7.87. The van der Waals surface area contributed by atoms with Gasteiger partial charge in [-0.15, -0.1) is 0 Å². The van der Waals surface area contributed by atoms with Crippen molar-refractivity contribution >= 4 is 12.6 Å².